The molecule has 0 atom stereocenters. The van der Waals surface area contributed by atoms with Crippen LogP contribution in [0.1, 0.15) is 21.5 Å². The Bertz CT molecular complexity index is 2020. The van der Waals surface area contributed by atoms with E-state index in [9.17, 15) is 9.36 Å². The van der Waals surface area contributed by atoms with E-state index in [-0.39, 0.29) is 31.9 Å². The molecule has 6 rings (SSSR count). The van der Waals surface area contributed by atoms with Crippen LogP contribution in [0.3, 0.4) is 0 Å². The molecule has 0 saturated carbocycles. The van der Waals surface area contributed by atoms with E-state index in [1.54, 1.807) is 36.4 Å². The minimum Gasteiger partial charge on any atom is -0.493 e. The summed E-state index contributed by atoms with van der Waals surface area (Å²) in [6.45, 7) is 0.0143. The number of aromatic nitrogens is 2. The monoisotopic (exact) mass is 706 g/mol. The topological polar surface area (TPSA) is 139 Å². The normalized spacial score (nSPS) is 11.2. The highest BCUT2D eigenvalue weighted by molar-refractivity contribution is 7.53. The van der Waals surface area contributed by atoms with Gasteiger partial charge in [0.25, 0.3) is 5.91 Å². The Morgan fingerprint density at radius 3 is 1.90 bits per heavy atom. The maximum Gasteiger partial charge on any atom is 0.387 e. The molecule has 0 saturated heterocycles. The first-order chi connectivity index (χ1) is 25.0. The molecule has 6 aromatic rings. The summed E-state index contributed by atoms with van der Waals surface area (Å²) in [6, 6.07) is 38.3. The Hall–Kier alpha value is -5.62. The van der Waals surface area contributed by atoms with Gasteiger partial charge in [0.05, 0.1) is 25.4 Å². The number of fused-ring (bicyclic) bond motifs is 1. The smallest absolute Gasteiger partial charge is 0.387 e. The lowest BCUT2D eigenvalue weighted by Gasteiger charge is -2.18. The summed E-state index contributed by atoms with van der Waals surface area (Å²) < 4.78 is 35.9. The largest absolute Gasteiger partial charge is 0.493 e. The van der Waals surface area contributed by atoms with Crippen molar-refractivity contribution in [3.05, 3.63) is 150 Å². The summed E-state index contributed by atoms with van der Waals surface area (Å²) in [5.74, 6) is 1.09. The van der Waals surface area contributed by atoms with Gasteiger partial charge < -0.3 is 20.1 Å². The minimum atomic E-state index is -3.95. The molecule has 0 unspecified atom stereocenters. The maximum atomic E-state index is 13.7. The Kier molecular flexibility index (Phi) is 12.0. The molecule has 51 heavy (non-hydrogen) atoms. The Morgan fingerprint density at radius 1 is 0.706 bits per heavy atom. The number of anilines is 3. The van der Waals surface area contributed by atoms with E-state index in [1.165, 1.54) is 13.4 Å². The van der Waals surface area contributed by atoms with Gasteiger partial charge in [-0.25, -0.2) is 19.7 Å². The Balaban J connectivity index is 1.10. The third kappa shape index (κ3) is 9.98. The van der Waals surface area contributed by atoms with Gasteiger partial charge in [0, 0.05) is 28.4 Å². The lowest BCUT2D eigenvalue weighted by Crippen LogP contribution is -2.11. The Labute approximate surface area is 294 Å². The second-order valence-electron chi connectivity index (χ2n) is 11.1. The van der Waals surface area contributed by atoms with Gasteiger partial charge in [0.15, 0.2) is 11.5 Å². The molecule has 0 spiro atoms. The summed E-state index contributed by atoms with van der Waals surface area (Å²) in [5.41, 5.74) is 4.19. The molecule has 0 radical (unpaired) electrons. The van der Waals surface area contributed by atoms with Crippen molar-refractivity contribution in [3.63, 3.8) is 0 Å². The van der Waals surface area contributed by atoms with Crippen LogP contribution in [0.25, 0.3) is 10.9 Å². The van der Waals surface area contributed by atoms with Crippen LogP contribution in [-0.4, -0.2) is 35.8 Å². The fraction of sp³-hybridized carbons (Fsp3) is 0.132. The molecule has 5 aromatic carbocycles. The molecule has 1 aromatic heterocycles. The van der Waals surface area contributed by atoms with Gasteiger partial charge in [0.1, 0.15) is 25.4 Å². The summed E-state index contributed by atoms with van der Waals surface area (Å²) in [5, 5.41) is 6.86. The first-order valence-corrected chi connectivity index (χ1v) is 17.7. The number of hydrogen-bond acceptors (Lipinski definition) is 11. The maximum absolute atomic E-state index is 13.7. The molecule has 13 heteroatoms. The summed E-state index contributed by atoms with van der Waals surface area (Å²) in [4.78, 5) is 32.0. The molecule has 12 nitrogen and oxygen atoms in total. The summed E-state index contributed by atoms with van der Waals surface area (Å²) in [6.07, 6.45) is 1.23. The molecule has 0 bridgehead atoms. The van der Waals surface area contributed by atoms with Crippen molar-refractivity contribution >= 4 is 41.6 Å². The first-order valence-electron chi connectivity index (χ1n) is 16.0. The number of methoxy groups -OCH3 is 1. The lowest BCUT2D eigenvalue weighted by atomic mass is 10.2. The van der Waals surface area contributed by atoms with Crippen molar-refractivity contribution in [2.75, 3.05) is 30.5 Å². The van der Waals surface area contributed by atoms with E-state index < -0.39 is 7.60 Å². The van der Waals surface area contributed by atoms with Gasteiger partial charge in [-0.05, 0) is 53.6 Å². The van der Waals surface area contributed by atoms with E-state index in [1.807, 2.05) is 91.0 Å². The number of nitrogens with one attached hydrogen (secondary N) is 2. The number of rotatable bonds is 17. The number of hydrogen-bond donors (Lipinski definition) is 2. The van der Waals surface area contributed by atoms with Crippen LogP contribution in [0.4, 0.5) is 17.2 Å². The van der Waals surface area contributed by atoms with Crippen molar-refractivity contribution in [2.45, 2.75) is 13.2 Å². The predicted molar refractivity (Wildman–Crippen MR) is 193 cm³/mol. The summed E-state index contributed by atoms with van der Waals surface area (Å²) >= 11 is 0. The van der Waals surface area contributed by atoms with E-state index in [0.29, 0.717) is 39.5 Å². The van der Waals surface area contributed by atoms with E-state index >= 15 is 0 Å². The van der Waals surface area contributed by atoms with Crippen LogP contribution in [0.15, 0.2) is 134 Å². The number of benzene rings is 5. The zero-order valence-corrected chi connectivity index (χ0v) is 28.5. The summed E-state index contributed by atoms with van der Waals surface area (Å²) in [7, 11) is -2.43. The molecule has 260 valence electrons. The van der Waals surface area contributed by atoms with E-state index in [2.05, 4.69) is 20.6 Å². The second-order valence-corrected chi connectivity index (χ2v) is 13.1. The number of ether oxygens (including phenoxy) is 2. The molecule has 0 aliphatic rings. The SMILES string of the molecule is COc1cc2c(Nc3ccc(NC(=O)c4ccccc4)cc3)ncnc2cc1OCCP(=O)(OOCc1ccccc1)OOCc1ccccc1. The van der Waals surface area contributed by atoms with Crippen molar-refractivity contribution in [3.8, 4) is 11.5 Å². The van der Waals surface area contributed by atoms with Crippen molar-refractivity contribution in [1.82, 2.24) is 9.97 Å². The molecule has 2 N–H and O–H groups in total. The zero-order chi connectivity index (χ0) is 35.3. The van der Waals surface area contributed by atoms with Crippen molar-refractivity contribution in [2.24, 2.45) is 0 Å². The number of carbonyl (C=O) groups is 1. The Morgan fingerprint density at radius 2 is 1.29 bits per heavy atom. The number of nitrogens with zero attached hydrogens (tertiary/aromatic N) is 2. The highest BCUT2D eigenvalue weighted by Crippen LogP contribution is 2.49. The van der Waals surface area contributed by atoms with Crippen LogP contribution < -0.4 is 20.1 Å². The standard InChI is InChI=1S/C38H35N4O8P/c1-45-35-23-33-34(39-27-40-37(33)41-31-17-19-32(20-18-31)42-38(43)30-15-9-4-10-16-30)24-36(35)46-21-22-51(44,49-47-25-28-11-5-2-6-12-28)50-48-26-29-13-7-3-8-14-29/h2-20,23-24,27H,21-22,25-26H2,1H3,(H,42,43)(H,39,40,41). The van der Waals surface area contributed by atoms with Gasteiger partial charge >= 0.3 is 7.60 Å². The van der Waals surface area contributed by atoms with Crippen molar-refractivity contribution in [1.29, 1.82) is 0 Å². The molecule has 1 amide bonds. The highest BCUT2D eigenvalue weighted by atomic mass is 31.2. The fourth-order valence-electron chi connectivity index (χ4n) is 4.85. The minimum absolute atomic E-state index is 0.0528. The number of carbonyl (C=O) groups excluding carboxylic acids is 1. The first kappa shape index (κ1) is 35.2. The predicted octanol–water partition coefficient (Wildman–Crippen LogP) is 8.50. The fourth-order valence-corrected chi connectivity index (χ4v) is 5.77. The molecular formula is C38H35N4O8P. The molecule has 0 fully saturated rings. The van der Waals surface area contributed by atoms with Gasteiger partial charge in [-0.1, -0.05) is 78.9 Å². The molecular weight excluding hydrogens is 671 g/mol. The van der Waals surface area contributed by atoms with Crippen LogP contribution >= 0.6 is 7.60 Å². The van der Waals surface area contributed by atoms with Gasteiger partial charge in [-0.15, -0.1) is 9.35 Å². The van der Waals surface area contributed by atoms with E-state index in [0.717, 1.165) is 16.8 Å². The van der Waals surface area contributed by atoms with Gasteiger partial charge in [-0.2, -0.15) is 0 Å². The lowest BCUT2D eigenvalue weighted by molar-refractivity contribution is -0.277. The molecule has 0 aliphatic heterocycles. The molecule has 1 heterocycles. The van der Waals surface area contributed by atoms with Crippen molar-refractivity contribution < 1.29 is 38.0 Å². The zero-order valence-electron chi connectivity index (χ0n) is 27.6. The van der Waals surface area contributed by atoms with Gasteiger partial charge in [0.2, 0.25) is 0 Å². The van der Waals surface area contributed by atoms with Crippen LogP contribution in [0.2, 0.25) is 0 Å². The van der Waals surface area contributed by atoms with Crippen LogP contribution in [-0.2, 0) is 36.9 Å². The average molecular weight is 707 g/mol. The molecule has 0 aliphatic carbocycles. The quantitative estimate of drug-likeness (QED) is 0.0536. The highest BCUT2D eigenvalue weighted by Gasteiger charge is 2.29. The number of amides is 1. The van der Waals surface area contributed by atoms with E-state index in [4.69, 9.17) is 28.6 Å². The third-order valence-electron chi connectivity index (χ3n) is 7.45. The van der Waals surface area contributed by atoms with Crippen LogP contribution in [0.5, 0.6) is 11.5 Å². The third-order valence-corrected chi connectivity index (χ3v) is 8.85. The second kappa shape index (κ2) is 17.3. The van der Waals surface area contributed by atoms with Gasteiger partial charge in [-0.3, -0.25) is 9.36 Å². The van der Waals surface area contributed by atoms with Crippen LogP contribution in [0, 0.1) is 0 Å². The average Bonchev–Trinajstić information content (AvgIpc) is 3.16.